The summed E-state index contributed by atoms with van der Waals surface area (Å²) in [6.07, 6.45) is 4.72. The van der Waals surface area contributed by atoms with Gasteiger partial charge < -0.3 is 9.84 Å². The van der Waals surface area contributed by atoms with Crippen LogP contribution in [0.25, 0.3) is 0 Å². The maximum atomic E-state index is 10.9. The number of hydrogen-bond acceptors (Lipinski definition) is 2. The van der Waals surface area contributed by atoms with Gasteiger partial charge in [0.1, 0.15) is 0 Å². The van der Waals surface area contributed by atoms with E-state index in [0.717, 1.165) is 19.4 Å². The minimum atomic E-state index is -0.740. The predicted molar refractivity (Wildman–Crippen MR) is 54.1 cm³/mol. The summed E-state index contributed by atoms with van der Waals surface area (Å²) in [5.41, 5.74) is 1.17. The summed E-state index contributed by atoms with van der Waals surface area (Å²) in [5, 5.41) is 8.97. The van der Waals surface area contributed by atoms with E-state index in [9.17, 15) is 4.79 Å². The van der Waals surface area contributed by atoms with E-state index in [0.29, 0.717) is 6.42 Å². The third-order valence-corrected chi connectivity index (χ3v) is 2.37. The number of hydrogen-bond donors (Lipinski definition) is 1. The van der Waals surface area contributed by atoms with Crippen LogP contribution in [0.1, 0.15) is 33.1 Å². The number of aliphatic carboxylic acids is 1. The van der Waals surface area contributed by atoms with Crippen molar-refractivity contribution in [3.63, 3.8) is 0 Å². The number of allylic oxidation sites excluding steroid dienone is 1. The molecule has 0 aromatic heterocycles. The Morgan fingerprint density at radius 3 is 2.79 bits per heavy atom. The fraction of sp³-hybridized carbons (Fsp3) is 0.727. The predicted octanol–water partition coefficient (Wildman–Crippen LogP) is 2.22. The van der Waals surface area contributed by atoms with Gasteiger partial charge in [0.25, 0.3) is 0 Å². The minimum absolute atomic E-state index is 0.182. The zero-order chi connectivity index (χ0) is 10.6. The van der Waals surface area contributed by atoms with Crippen molar-refractivity contribution in [1.82, 2.24) is 0 Å². The number of carboxylic acids is 1. The third-order valence-electron chi connectivity index (χ3n) is 2.37. The number of carbonyl (C=O) groups is 1. The van der Waals surface area contributed by atoms with Crippen LogP contribution in [0.3, 0.4) is 0 Å². The van der Waals surface area contributed by atoms with Crippen molar-refractivity contribution in [2.45, 2.75) is 39.2 Å². The van der Waals surface area contributed by atoms with E-state index >= 15 is 0 Å². The van der Waals surface area contributed by atoms with Crippen LogP contribution in [0, 0.1) is 5.92 Å². The van der Waals surface area contributed by atoms with Crippen molar-refractivity contribution in [3.8, 4) is 0 Å². The van der Waals surface area contributed by atoms with E-state index in [4.69, 9.17) is 9.84 Å². The second kappa shape index (κ2) is 5.15. The molecule has 3 heteroatoms. The zero-order valence-corrected chi connectivity index (χ0v) is 8.82. The lowest BCUT2D eigenvalue weighted by Gasteiger charge is -2.07. The van der Waals surface area contributed by atoms with Crippen molar-refractivity contribution < 1.29 is 14.6 Å². The van der Waals surface area contributed by atoms with Crippen LogP contribution < -0.4 is 0 Å². The maximum absolute atomic E-state index is 10.9. The van der Waals surface area contributed by atoms with E-state index in [1.165, 1.54) is 5.57 Å². The Labute approximate surface area is 84.8 Å². The van der Waals surface area contributed by atoms with Gasteiger partial charge in [0.15, 0.2) is 0 Å². The number of carboxylic acid groups (broad SMARTS) is 1. The normalized spacial score (nSPS) is 23.3. The number of ether oxygens (including phenoxy) is 1. The topological polar surface area (TPSA) is 49.8 Å². The molecule has 0 amide bonds. The maximum Gasteiger partial charge on any atom is 0.310 e. The molecule has 0 saturated carbocycles. The van der Waals surface area contributed by atoms with Crippen molar-refractivity contribution in [3.05, 3.63) is 11.6 Å². The van der Waals surface area contributed by atoms with Gasteiger partial charge in [-0.25, -0.2) is 0 Å². The van der Waals surface area contributed by atoms with Crippen LogP contribution in [-0.4, -0.2) is 23.8 Å². The van der Waals surface area contributed by atoms with Crippen LogP contribution in [-0.2, 0) is 9.53 Å². The molecule has 3 nitrogen and oxygen atoms in total. The summed E-state index contributed by atoms with van der Waals surface area (Å²) in [5.74, 6) is -1.11. The quantitative estimate of drug-likeness (QED) is 0.526. The molecule has 2 unspecified atom stereocenters. The first-order chi connectivity index (χ1) is 6.63. The Morgan fingerprint density at radius 1 is 1.71 bits per heavy atom. The van der Waals surface area contributed by atoms with Gasteiger partial charge >= 0.3 is 5.97 Å². The highest BCUT2D eigenvalue weighted by Crippen LogP contribution is 2.22. The summed E-state index contributed by atoms with van der Waals surface area (Å²) >= 11 is 0. The first-order valence-corrected chi connectivity index (χ1v) is 5.15. The van der Waals surface area contributed by atoms with Gasteiger partial charge in [0, 0.05) is 0 Å². The van der Waals surface area contributed by atoms with Gasteiger partial charge in [-0.1, -0.05) is 25.0 Å². The molecule has 0 bridgehead atoms. The third kappa shape index (κ3) is 3.92. The molecule has 1 aliphatic rings. The van der Waals surface area contributed by atoms with E-state index < -0.39 is 5.97 Å². The number of epoxide rings is 1. The molecular weight excluding hydrogens is 180 g/mol. The van der Waals surface area contributed by atoms with E-state index in [1.807, 2.05) is 13.0 Å². The lowest BCUT2D eigenvalue weighted by molar-refractivity contribution is -0.140. The first kappa shape index (κ1) is 11.2. The molecule has 0 aromatic carbocycles. The summed E-state index contributed by atoms with van der Waals surface area (Å²) in [4.78, 5) is 10.9. The van der Waals surface area contributed by atoms with Crippen molar-refractivity contribution in [2.75, 3.05) is 6.61 Å². The molecule has 0 aromatic rings. The van der Waals surface area contributed by atoms with E-state index in [1.54, 1.807) is 0 Å². The molecule has 2 atom stereocenters. The smallest absolute Gasteiger partial charge is 0.310 e. The Hall–Kier alpha value is -0.830. The molecule has 1 aliphatic heterocycles. The van der Waals surface area contributed by atoms with Gasteiger partial charge in [-0.15, -0.1) is 0 Å². The molecule has 1 rings (SSSR count). The van der Waals surface area contributed by atoms with Crippen molar-refractivity contribution in [2.24, 2.45) is 5.92 Å². The van der Waals surface area contributed by atoms with Gasteiger partial charge in [0.05, 0.1) is 18.6 Å². The Kier molecular flexibility index (Phi) is 4.14. The van der Waals surface area contributed by atoms with Crippen molar-refractivity contribution in [1.29, 1.82) is 0 Å². The highest BCUT2D eigenvalue weighted by molar-refractivity contribution is 5.72. The number of rotatable bonds is 6. The van der Waals surface area contributed by atoms with E-state index in [-0.39, 0.29) is 12.0 Å². The second-order valence-electron chi connectivity index (χ2n) is 3.90. The average Bonchev–Trinajstić information content (AvgIpc) is 2.87. The molecule has 0 aliphatic carbocycles. The highest BCUT2D eigenvalue weighted by atomic mass is 16.6. The standard InChI is InChI=1S/C11H18O3/c1-3-4-8(2)5-9(11(12)13)6-10-7-14-10/h5,9-10H,3-4,6-7H2,1-2H3,(H,12,13)/b8-5+. The summed E-state index contributed by atoms with van der Waals surface area (Å²) < 4.78 is 5.04. The largest absolute Gasteiger partial charge is 0.481 e. The van der Waals surface area contributed by atoms with Crippen LogP contribution in [0.5, 0.6) is 0 Å². The summed E-state index contributed by atoms with van der Waals surface area (Å²) in [7, 11) is 0. The molecule has 1 heterocycles. The van der Waals surface area contributed by atoms with Gasteiger partial charge in [-0.2, -0.15) is 0 Å². The SMILES string of the molecule is CCC/C(C)=C/C(CC1CO1)C(=O)O. The summed E-state index contributed by atoms with van der Waals surface area (Å²) in [6, 6.07) is 0. The lowest BCUT2D eigenvalue weighted by atomic mass is 9.99. The molecule has 14 heavy (non-hydrogen) atoms. The van der Waals surface area contributed by atoms with Gasteiger partial charge in [-0.3, -0.25) is 4.79 Å². The van der Waals surface area contributed by atoms with Crippen LogP contribution in [0.2, 0.25) is 0 Å². The Balaban J connectivity index is 2.47. The van der Waals surface area contributed by atoms with E-state index in [2.05, 4.69) is 6.92 Å². The van der Waals surface area contributed by atoms with Crippen LogP contribution in [0.15, 0.2) is 11.6 Å². The minimum Gasteiger partial charge on any atom is -0.481 e. The fourth-order valence-electron chi connectivity index (χ4n) is 1.55. The van der Waals surface area contributed by atoms with Crippen LogP contribution >= 0.6 is 0 Å². The molecule has 1 fully saturated rings. The molecule has 80 valence electrons. The fourth-order valence-corrected chi connectivity index (χ4v) is 1.55. The molecule has 0 spiro atoms. The zero-order valence-electron chi connectivity index (χ0n) is 8.82. The van der Waals surface area contributed by atoms with Crippen LogP contribution in [0.4, 0.5) is 0 Å². The highest BCUT2D eigenvalue weighted by Gasteiger charge is 2.29. The lowest BCUT2D eigenvalue weighted by Crippen LogP contribution is -2.14. The first-order valence-electron chi connectivity index (χ1n) is 5.15. The molecule has 1 saturated heterocycles. The van der Waals surface area contributed by atoms with Crippen molar-refractivity contribution >= 4 is 5.97 Å². The summed E-state index contributed by atoms with van der Waals surface area (Å²) in [6.45, 7) is 4.81. The molecule has 1 N–H and O–H groups in total. The molecule has 0 radical (unpaired) electrons. The average molecular weight is 198 g/mol. The Morgan fingerprint density at radius 2 is 2.36 bits per heavy atom. The second-order valence-corrected chi connectivity index (χ2v) is 3.90. The van der Waals surface area contributed by atoms with Gasteiger partial charge in [-0.05, 0) is 19.8 Å². The molecular formula is C11H18O3. The van der Waals surface area contributed by atoms with Gasteiger partial charge in [0.2, 0.25) is 0 Å². The Bertz CT molecular complexity index is 229. The monoisotopic (exact) mass is 198 g/mol.